The normalized spacial score (nSPS) is 15.5. The number of nitrogens with one attached hydrogen (secondary N) is 2. The topological polar surface area (TPSA) is 87.7 Å². The zero-order valence-corrected chi connectivity index (χ0v) is 20.6. The maximum Gasteiger partial charge on any atom is 0.408 e. The van der Waals surface area contributed by atoms with E-state index >= 15 is 0 Å². The molecule has 2 unspecified atom stereocenters. The van der Waals surface area contributed by atoms with Gasteiger partial charge in [-0.05, 0) is 77.5 Å². The number of benzene rings is 1. The van der Waals surface area contributed by atoms with E-state index in [0.29, 0.717) is 6.54 Å². The first kappa shape index (κ1) is 25.7. The van der Waals surface area contributed by atoms with Crippen molar-refractivity contribution in [1.82, 2.24) is 15.5 Å². The Bertz CT molecular complexity index is 827. The third-order valence-corrected chi connectivity index (χ3v) is 5.50. The lowest BCUT2D eigenvalue weighted by molar-refractivity contribution is -0.142. The van der Waals surface area contributed by atoms with Gasteiger partial charge < -0.3 is 20.3 Å². The number of aryl methyl sites for hydroxylation is 2. The van der Waals surface area contributed by atoms with Crippen molar-refractivity contribution < 1.29 is 19.1 Å². The van der Waals surface area contributed by atoms with Gasteiger partial charge in [0.15, 0.2) is 0 Å². The molecule has 178 valence electrons. The number of alkyl carbamates (subject to hydrolysis) is 1. The van der Waals surface area contributed by atoms with Crippen LogP contribution >= 0.6 is 0 Å². The van der Waals surface area contributed by atoms with Gasteiger partial charge in [-0.25, -0.2) is 4.79 Å². The number of unbranched alkanes of at least 4 members (excludes halogenated alkanes) is 1. The van der Waals surface area contributed by atoms with Gasteiger partial charge in [0.25, 0.3) is 0 Å². The van der Waals surface area contributed by atoms with Crippen LogP contribution in [0.1, 0.15) is 83.0 Å². The first-order valence-corrected chi connectivity index (χ1v) is 11.6. The number of carbonyl (C=O) groups is 3. The summed E-state index contributed by atoms with van der Waals surface area (Å²) in [6.45, 7) is 13.6. The molecule has 32 heavy (non-hydrogen) atoms. The van der Waals surface area contributed by atoms with Crippen LogP contribution in [0.25, 0.3) is 0 Å². The zero-order chi connectivity index (χ0) is 24.1. The van der Waals surface area contributed by atoms with E-state index in [1.165, 1.54) is 0 Å². The lowest BCUT2D eigenvalue weighted by Gasteiger charge is -2.34. The first-order chi connectivity index (χ1) is 14.9. The van der Waals surface area contributed by atoms with Gasteiger partial charge >= 0.3 is 6.09 Å². The molecule has 1 aromatic carbocycles. The van der Waals surface area contributed by atoms with E-state index in [0.717, 1.165) is 42.4 Å². The molecular weight excluding hydrogens is 406 g/mol. The molecule has 2 N–H and O–H groups in total. The van der Waals surface area contributed by atoms with Crippen molar-refractivity contribution in [2.45, 2.75) is 97.9 Å². The highest BCUT2D eigenvalue weighted by molar-refractivity contribution is 5.92. The van der Waals surface area contributed by atoms with Gasteiger partial charge in [-0.3, -0.25) is 9.59 Å². The first-order valence-electron chi connectivity index (χ1n) is 11.6. The van der Waals surface area contributed by atoms with Crippen molar-refractivity contribution in [2.75, 3.05) is 6.54 Å². The predicted molar refractivity (Wildman–Crippen MR) is 125 cm³/mol. The molecular formula is C25H39N3O4. The highest BCUT2D eigenvalue weighted by Gasteiger charge is 2.43. The molecule has 0 radical (unpaired) electrons. The van der Waals surface area contributed by atoms with Crippen molar-refractivity contribution >= 4 is 17.9 Å². The second kappa shape index (κ2) is 10.8. The van der Waals surface area contributed by atoms with E-state index in [9.17, 15) is 14.4 Å². The monoisotopic (exact) mass is 445 g/mol. The minimum absolute atomic E-state index is 0.0195. The Morgan fingerprint density at radius 3 is 2.34 bits per heavy atom. The van der Waals surface area contributed by atoms with Crippen LogP contribution in [0.3, 0.4) is 0 Å². The van der Waals surface area contributed by atoms with Crippen LogP contribution in [-0.2, 0) is 14.3 Å². The quantitative estimate of drug-likeness (QED) is 0.559. The van der Waals surface area contributed by atoms with Crippen LogP contribution in [-0.4, -0.2) is 47.0 Å². The highest BCUT2D eigenvalue weighted by Crippen LogP contribution is 2.36. The Morgan fingerprint density at radius 2 is 1.81 bits per heavy atom. The maximum absolute atomic E-state index is 13.5. The Morgan fingerprint density at radius 1 is 1.16 bits per heavy atom. The standard InChI is InChI=1S/C25H39N3O4/c1-8-9-14-26-22(29)21(19-11-10-16(2)17(3)15-19)28(20-12-13-20)23(30)18(4)27-24(31)32-25(5,6)7/h10-11,15,18,20-21H,8-9,12-14H2,1-7H3,(H,26,29)(H,27,31). The van der Waals surface area contributed by atoms with Gasteiger partial charge in [0, 0.05) is 12.6 Å². The Labute approximate surface area is 192 Å². The summed E-state index contributed by atoms with van der Waals surface area (Å²) in [5, 5.41) is 5.63. The maximum atomic E-state index is 13.5. The minimum Gasteiger partial charge on any atom is -0.444 e. The fraction of sp³-hybridized carbons (Fsp3) is 0.640. The van der Waals surface area contributed by atoms with Gasteiger partial charge in [0.1, 0.15) is 17.7 Å². The third-order valence-electron chi connectivity index (χ3n) is 5.50. The van der Waals surface area contributed by atoms with Gasteiger partial charge in [-0.1, -0.05) is 31.5 Å². The fourth-order valence-corrected chi connectivity index (χ4v) is 3.50. The molecule has 1 aliphatic carbocycles. The van der Waals surface area contributed by atoms with Gasteiger partial charge in [-0.15, -0.1) is 0 Å². The van der Waals surface area contributed by atoms with Crippen molar-refractivity contribution in [3.05, 3.63) is 34.9 Å². The minimum atomic E-state index is -0.817. The molecule has 0 spiro atoms. The molecule has 7 heteroatoms. The molecule has 1 saturated carbocycles. The lowest BCUT2D eigenvalue weighted by Crippen LogP contribution is -2.52. The van der Waals surface area contributed by atoms with Crippen LogP contribution < -0.4 is 10.6 Å². The summed E-state index contributed by atoms with van der Waals surface area (Å²) in [5.74, 6) is -0.473. The van der Waals surface area contributed by atoms with Crippen LogP contribution in [0, 0.1) is 13.8 Å². The number of amides is 3. The molecule has 0 aliphatic heterocycles. The number of carbonyl (C=O) groups excluding carboxylic acids is 3. The van der Waals surface area contributed by atoms with Crippen LogP contribution in [0.4, 0.5) is 4.79 Å². The second-order valence-corrected chi connectivity index (χ2v) is 9.74. The summed E-state index contributed by atoms with van der Waals surface area (Å²) >= 11 is 0. The molecule has 0 bridgehead atoms. The second-order valence-electron chi connectivity index (χ2n) is 9.74. The van der Waals surface area contributed by atoms with Crippen molar-refractivity contribution in [3.8, 4) is 0 Å². The van der Waals surface area contributed by atoms with E-state index in [1.54, 1.807) is 32.6 Å². The summed E-state index contributed by atoms with van der Waals surface area (Å²) in [5.41, 5.74) is 2.32. The van der Waals surface area contributed by atoms with Crippen molar-refractivity contribution in [1.29, 1.82) is 0 Å². The van der Waals surface area contributed by atoms with Crippen LogP contribution in [0.15, 0.2) is 18.2 Å². The summed E-state index contributed by atoms with van der Waals surface area (Å²) in [7, 11) is 0. The average Bonchev–Trinajstić information content (AvgIpc) is 3.51. The van der Waals surface area contributed by atoms with E-state index in [1.807, 2.05) is 32.0 Å². The molecule has 1 fully saturated rings. The van der Waals surface area contributed by atoms with E-state index < -0.39 is 23.8 Å². The molecule has 0 heterocycles. The third kappa shape index (κ3) is 7.24. The largest absolute Gasteiger partial charge is 0.444 e. The molecule has 3 amide bonds. The SMILES string of the molecule is CCCCNC(=O)C(c1ccc(C)c(C)c1)N(C(=O)C(C)NC(=O)OC(C)(C)C)C1CC1. The summed E-state index contributed by atoms with van der Waals surface area (Å²) in [4.78, 5) is 40.7. The molecule has 1 aromatic rings. The lowest BCUT2D eigenvalue weighted by atomic mass is 9.98. The van der Waals surface area contributed by atoms with E-state index in [4.69, 9.17) is 4.74 Å². The molecule has 0 saturated heterocycles. The smallest absolute Gasteiger partial charge is 0.408 e. The summed E-state index contributed by atoms with van der Waals surface area (Å²) in [6, 6.07) is 4.30. The molecule has 1 aliphatic rings. The summed E-state index contributed by atoms with van der Waals surface area (Å²) in [6.07, 6.45) is 2.88. The number of hydrogen-bond acceptors (Lipinski definition) is 4. The van der Waals surface area contributed by atoms with Crippen molar-refractivity contribution in [2.24, 2.45) is 0 Å². The Balaban J connectivity index is 2.32. The fourth-order valence-electron chi connectivity index (χ4n) is 3.50. The molecule has 0 aromatic heterocycles. The number of nitrogens with zero attached hydrogens (tertiary/aromatic N) is 1. The van der Waals surface area contributed by atoms with Crippen molar-refractivity contribution in [3.63, 3.8) is 0 Å². The molecule has 2 rings (SSSR count). The highest BCUT2D eigenvalue weighted by atomic mass is 16.6. The Kier molecular flexibility index (Phi) is 8.70. The van der Waals surface area contributed by atoms with Gasteiger partial charge in [0.05, 0.1) is 0 Å². The predicted octanol–water partition coefficient (Wildman–Crippen LogP) is 4.17. The molecule has 2 atom stereocenters. The zero-order valence-electron chi connectivity index (χ0n) is 20.6. The van der Waals surface area contributed by atoms with Gasteiger partial charge in [-0.2, -0.15) is 0 Å². The van der Waals surface area contributed by atoms with E-state index in [2.05, 4.69) is 17.6 Å². The molecule has 7 nitrogen and oxygen atoms in total. The summed E-state index contributed by atoms with van der Waals surface area (Å²) < 4.78 is 5.30. The Hall–Kier alpha value is -2.57. The van der Waals surface area contributed by atoms with E-state index in [-0.39, 0.29) is 17.9 Å². The van der Waals surface area contributed by atoms with Crippen LogP contribution in [0.5, 0.6) is 0 Å². The average molecular weight is 446 g/mol. The van der Waals surface area contributed by atoms with Crippen LogP contribution in [0.2, 0.25) is 0 Å². The number of rotatable bonds is 9. The number of ether oxygens (including phenoxy) is 1. The van der Waals surface area contributed by atoms with Gasteiger partial charge in [0.2, 0.25) is 11.8 Å². The number of hydrogen-bond donors (Lipinski definition) is 2.